The molecule has 0 saturated carbocycles. The smallest absolute Gasteiger partial charge is 0.426 e. The molecule has 0 aliphatic carbocycles. The van der Waals surface area contributed by atoms with E-state index in [4.69, 9.17) is 0 Å². The van der Waals surface area contributed by atoms with Gasteiger partial charge >= 0.3 is 7.12 Å². The normalized spacial score (nSPS) is 12.1. The van der Waals surface area contributed by atoms with E-state index in [9.17, 15) is 10.0 Å². The summed E-state index contributed by atoms with van der Waals surface area (Å²) in [6.07, 6.45) is 2.21. The fraction of sp³-hybridized carbons (Fsp3) is 0.125. The summed E-state index contributed by atoms with van der Waals surface area (Å²) in [6, 6.07) is 19.3. The second-order valence-electron chi connectivity index (χ2n) is 5.12. The van der Waals surface area contributed by atoms with Crippen LogP contribution in [0.5, 0.6) is 0 Å². The zero-order valence-corrected chi connectivity index (χ0v) is 11.9. The summed E-state index contributed by atoms with van der Waals surface area (Å²) in [5, 5.41) is 27.5. The van der Waals surface area contributed by atoms with Crippen molar-refractivity contribution in [2.24, 2.45) is 0 Å². The van der Waals surface area contributed by atoms with Crippen LogP contribution in [0.3, 0.4) is 0 Å². The molecule has 0 fully saturated rings. The summed E-state index contributed by atoms with van der Waals surface area (Å²) < 4.78 is 1.51. The summed E-state index contributed by atoms with van der Waals surface area (Å²) >= 11 is 0. The number of nitrogens with zero attached hydrogens (tertiary/aromatic N) is 3. The van der Waals surface area contributed by atoms with Gasteiger partial charge in [0.15, 0.2) is 0 Å². The third-order valence-electron chi connectivity index (χ3n) is 3.55. The number of hydrogen-bond donors (Lipinski definition) is 2. The average molecular weight is 293 g/mol. The maximum Gasteiger partial charge on any atom is 0.478 e. The predicted octanol–water partition coefficient (Wildman–Crippen LogP) is 1.74. The van der Waals surface area contributed by atoms with Gasteiger partial charge in [0, 0.05) is 5.56 Å². The fourth-order valence-electron chi connectivity index (χ4n) is 2.37. The van der Waals surface area contributed by atoms with Gasteiger partial charge in [-0.05, 0) is 12.0 Å². The van der Waals surface area contributed by atoms with E-state index in [1.807, 2.05) is 60.7 Å². The van der Waals surface area contributed by atoms with Crippen LogP contribution in [0.15, 0.2) is 66.9 Å². The van der Waals surface area contributed by atoms with Crippen molar-refractivity contribution in [1.82, 2.24) is 15.0 Å². The molecule has 0 saturated heterocycles. The molecule has 22 heavy (non-hydrogen) atoms. The minimum atomic E-state index is -1.51. The first-order valence-electron chi connectivity index (χ1n) is 7.11. The first-order valence-corrected chi connectivity index (χ1v) is 7.11. The third kappa shape index (κ3) is 3.24. The lowest BCUT2D eigenvalue weighted by atomic mass is 9.76. The molecule has 0 bridgehead atoms. The minimum Gasteiger partial charge on any atom is -0.426 e. The maximum absolute atomic E-state index is 9.67. The van der Waals surface area contributed by atoms with Gasteiger partial charge in [0.05, 0.1) is 12.1 Å². The molecule has 0 radical (unpaired) electrons. The van der Waals surface area contributed by atoms with Crippen LogP contribution in [0.4, 0.5) is 0 Å². The molecule has 1 aromatic heterocycles. The molecular formula is C16H16BN3O2. The van der Waals surface area contributed by atoms with E-state index in [-0.39, 0.29) is 0 Å². The molecule has 5 nitrogen and oxygen atoms in total. The van der Waals surface area contributed by atoms with Crippen LogP contribution in [0.1, 0.15) is 11.5 Å². The molecule has 6 heteroatoms. The lowest BCUT2D eigenvalue weighted by Gasteiger charge is -2.15. The molecule has 0 aliphatic rings. The van der Waals surface area contributed by atoms with Gasteiger partial charge in [0.1, 0.15) is 5.69 Å². The zero-order chi connectivity index (χ0) is 15.4. The van der Waals surface area contributed by atoms with Gasteiger partial charge in [-0.2, -0.15) is 0 Å². The standard InChI is InChI=1S/C16H16BN3O2/c21-17(22)16(11-13-7-3-1-4-8-13)20-12-15(18-19-20)14-9-5-2-6-10-14/h1-10,12,16,21-22H,11H2/t16-/m0/s1. The Hall–Kier alpha value is -2.44. The van der Waals surface area contributed by atoms with Crippen LogP contribution in [-0.4, -0.2) is 32.2 Å². The number of hydrogen-bond acceptors (Lipinski definition) is 4. The Morgan fingerprint density at radius 3 is 2.23 bits per heavy atom. The summed E-state index contributed by atoms with van der Waals surface area (Å²) in [7, 11) is -1.51. The number of aromatic nitrogens is 3. The van der Waals surface area contributed by atoms with Crippen LogP contribution in [-0.2, 0) is 6.42 Å². The Balaban J connectivity index is 1.85. The van der Waals surface area contributed by atoms with E-state index in [0.29, 0.717) is 12.1 Å². The maximum atomic E-state index is 9.67. The van der Waals surface area contributed by atoms with E-state index in [1.54, 1.807) is 6.20 Å². The zero-order valence-electron chi connectivity index (χ0n) is 11.9. The Labute approximate surface area is 129 Å². The Morgan fingerprint density at radius 1 is 0.955 bits per heavy atom. The predicted molar refractivity (Wildman–Crippen MR) is 84.8 cm³/mol. The molecule has 0 spiro atoms. The van der Waals surface area contributed by atoms with E-state index in [0.717, 1.165) is 11.1 Å². The second-order valence-corrected chi connectivity index (χ2v) is 5.12. The molecule has 0 unspecified atom stereocenters. The first kappa shape index (κ1) is 14.5. The van der Waals surface area contributed by atoms with Gasteiger partial charge in [-0.3, -0.25) is 4.68 Å². The van der Waals surface area contributed by atoms with Crippen molar-refractivity contribution < 1.29 is 10.0 Å². The lowest BCUT2D eigenvalue weighted by molar-refractivity contribution is 0.348. The Bertz CT molecular complexity index is 717. The molecule has 1 heterocycles. The van der Waals surface area contributed by atoms with Crippen molar-refractivity contribution in [3.63, 3.8) is 0 Å². The largest absolute Gasteiger partial charge is 0.478 e. The van der Waals surface area contributed by atoms with Crippen molar-refractivity contribution in [1.29, 1.82) is 0 Å². The summed E-state index contributed by atoms with van der Waals surface area (Å²) in [4.78, 5) is 0. The Morgan fingerprint density at radius 2 is 1.59 bits per heavy atom. The number of rotatable bonds is 5. The van der Waals surface area contributed by atoms with Crippen LogP contribution >= 0.6 is 0 Å². The summed E-state index contributed by atoms with van der Waals surface area (Å²) in [5.74, 6) is -0.577. The van der Waals surface area contributed by atoms with Gasteiger partial charge in [-0.25, -0.2) is 0 Å². The molecule has 0 amide bonds. The second kappa shape index (κ2) is 6.55. The Kier molecular flexibility index (Phi) is 4.32. The van der Waals surface area contributed by atoms with Crippen LogP contribution in [0.25, 0.3) is 11.3 Å². The van der Waals surface area contributed by atoms with E-state index in [2.05, 4.69) is 10.3 Å². The van der Waals surface area contributed by atoms with Gasteiger partial charge in [0.2, 0.25) is 0 Å². The minimum absolute atomic E-state index is 0.468. The highest BCUT2D eigenvalue weighted by atomic mass is 16.4. The quantitative estimate of drug-likeness (QED) is 0.703. The molecular weight excluding hydrogens is 277 g/mol. The summed E-state index contributed by atoms with van der Waals surface area (Å²) in [5.41, 5.74) is 2.66. The van der Waals surface area contributed by atoms with Crippen molar-refractivity contribution in [3.8, 4) is 11.3 Å². The monoisotopic (exact) mass is 293 g/mol. The van der Waals surface area contributed by atoms with Gasteiger partial charge in [-0.1, -0.05) is 65.9 Å². The lowest BCUT2D eigenvalue weighted by Crippen LogP contribution is -2.31. The van der Waals surface area contributed by atoms with E-state index < -0.39 is 13.1 Å². The molecule has 0 aliphatic heterocycles. The van der Waals surface area contributed by atoms with Crippen LogP contribution in [0, 0.1) is 0 Å². The van der Waals surface area contributed by atoms with Gasteiger partial charge in [-0.15, -0.1) is 5.10 Å². The topological polar surface area (TPSA) is 71.2 Å². The van der Waals surface area contributed by atoms with Gasteiger partial charge in [0.25, 0.3) is 0 Å². The fourth-order valence-corrected chi connectivity index (χ4v) is 2.37. The molecule has 3 rings (SSSR count). The molecule has 3 aromatic rings. The number of benzene rings is 2. The highest BCUT2D eigenvalue weighted by Crippen LogP contribution is 2.19. The summed E-state index contributed by atoms with van der Waals surface area (Å²) in [6.45, 7) is 0. The van der Waals surface area contributed by atoms with Crippen molar-refractivity contribution in [2.45, 2.75) is 12.4 Å². The molecule has 2 N–H and O–H groups in total. The molecule has 110 valence electrons. The first-order chi connectivity index (χ1) is 10.7. The van der Waals surface area contributed by atoms with E-state index in [1.165, 1.54) is 4.68 Å². The van der Waals surface area contributed by atoms with E-state index >= 15 is 0 Å². The van der Waals surface area contributed by atoms with Crippen LogP contribution in [0.2, 0.25) is 0 Å². The highest BCUT2D eigenvalue weighted by Gasteiger charge is 2.27. The van der Waals surface area contributed by atoms with Crippen molar-refractivity contribution >= 4 is 7.12 Å². The van der Waals surface area contributed by atoms with Crippen molar-refractivity contribution in [3.05, 3.63) is 72.4 Å². The van der Waals surface area contributed by atoms with Crippen LogP contribution < -0.4 is 0 Å². The molecule has 2 aromatic carbocycles. The van der Waals surface area contributed by atoms with Gasteiger partial charge < -0.3 is 10.0 Å². The third-order valence-corrected chi connectivity index (χ3v) is 3.55. The SMILES string of the molecule is OB(O)[C@H](Cc1ccccc1)n1cc(-c2ccccc2)nn1. The molecule has 1 atom stereocenters. The average Bonchev–Trinajstić information content (AvgIpc) is 3.04. The highest BCUT2D eigenvalue weighted by molar-refractivity contribution is 6.42. The van der Waals surface area contributed by atoms with Crippen molar-refractivity contribution in [2.75, 3.05) is 0 Å².